The standard InChI is InChI=1S/C27H23N3O2S.ClH/c31-25(20-9-5-2-6-10-20)21-11-13-22(14-12-21)26(32)29-27-28-23-15-16-30(18-24(23)33-27)17-19-7-3-1-4-8-19;/h1-14H,15-18H2,(H,28,29,32);1H. The van der Waals surface area contributed by atoms with E-state index in [1.165, 1.54) is 21.8 Å². The van der Waals surface area contributed by atoms with Crippen molar-refractivity contribution in [3.8, 4) is 0 Å². The number of thiazole rings is 1. The third-order valence-corrected chi connectivity index (χ3v) is 6.72. The molecule has 0 aliphatic carbocycles. The van der Waals surface area contributed by atoms with Gasteiger partial charge in [-0.15, -0.1) is 23.7 Å². The molecular weight excluding hydrogens is 466 g/mol. The second kappa shape index (κ2) is 10.7. The summed E-state index contributed by atoms with van der Waals surface area (Å²) in [5.74, 6) is -0.281. The first-order valence-corrected chi connectivity index (χ1v) is 11.7. The van der Waals surface area contributed by atoms with E-state index in [-0.39, 0.29) is 24.1 Å². The van der Waals surface area contributed by atoms with Gasteiger partial charge in [0.25, 0.3) is 5.91 Å². The molecule has 0 bridgehead atoms. The van der Waals surface area contributed by atoms with E-state index in [2.05, 4.69) is 39.5 Å². The first-order valence-electron chi connectivity index (χ1n) is 10.9. The summed E-state index contributed by atoms with van der Waals surface area (Å²) in [5, 5.41) is 3.55. The van der Waals surface area contributed by atoms with Crippen molar-refractivity contribution >= 4 is 40.6 Å². The molecule has 0 fully saturated rings. The molecule has 4 aromatic rings. The summed E-state index contributed by atoms with van der Waals surface area (Å²) in [7, 11) is 0. The summed E-state index contributed by atoms with van der Waals surface area (Å²) in [6.45, 7) is 2.71. The zero-order valence-electron chi connectivity index (χ0n) is 18.4. The highest BCUT2D eigenvalue weighted by Crippen LogP contribution is 2.29. The van der Waals surface area contributed by atoms with Crippen LogP contribution in [0.2, 0.25) is 0 Å². The highest BCUT2D eigenvalue weighted by atomic mass is 35.5. The number of benzene rings is 3. The van der Waals surface area contributed by atoms with Gasteiger partial charge in [-0.1, -0.05) is 72.8 Å². The lowest BCUT2D eigenvalue weighted by atomic mass is 10.0. The molecular formula is C27H24ClN3O2S. The van der Waals surface area contributed by atoms with Gasteiger partial charge in [0.2, 0.25) is 0 Å². The minimum atomic E-state index is -0.221. The molecule has 2 heterocycles. The Morgan fingerprint density at radius 2 is 1.47 bits per heavy atom. The number of hydrogen-bond acceptors (Lipinski definition) is 5. The highest BCUT2D eigenvalue weighted by Gasteiger charge is 2.22. The average molecular weight is 490 g/mol. The lowest BCUT2D eigenvalue weighted by Gasteiger charge is -2.25. The van der Waals surface area contributed by atoms with E-state index in [1.807, 2.05) is 24.3 Å². The van der Waals surface area contributed by atoms with Crippen LogP contribution in [0.25, 0.3) is 0 Å². The topological polar surface area (TPSA) is 62.3 Å². The number of ketones is 1. The number of fused-ring (bicyclic) bond motifs is 1. The fourth-order valence-electron chi connectivity index (χ4n) is 3.98. The van der Waals surface area contributed by atoms with Gasteiger partial charge >= 0.3 is 0 Å². The molecule has 172 valence electrons. The minimum absolute atomic E-state index is 0. The van der Waals surface area contributed by atoms with Crippen LogP contribution in [0.4, 0.5) is 5.13 Å². The van der Waals surface area contributed by atoms with E-state index >= 15 is 0 Å². The molecule has 7 heteroatoms. The van der Waals surface area contributed by atoms with Crippen LogP contribution < -0.4 is 5.32 Å². The molecule has 34 heavy (non-hydrogen) atoms. The number of amides is 1. The molecule has 5 nitrogen and oxygen atoms in total. The van der Waals surface area contributed by atoms with Gasteiger partial charge in [-0.2, -0.15) is 0 Å². The number of nitrogens with zero attached hydrogens (tertiary/aromatic N) is 2. The van der Waals surface area contributed by atoms with Crippen LogP contribution in [-0.2, 0) is 19.5 Å². The number of halogens is 1. The molecule has 1 amide bonds. The highest BCUT2D eigenvalue weighted by molar-refractivity contribution is 7.15. The number of carbonyl (C=O) groups is 2. The van der Waals surface area contributed by atoms with E-state index in [0.717, 1.165) is 31.7 Å². The lowest BCUT2D eigenvalue weighted by molar-refractivity contribution is 0.102. The molecule has 1 aromatic heterocycles. The quantitative estimate of drug-likeness (QED) is 0.358. The Bertz CT molecular complexity index is 1270. The van der Waals surface area contributed by atoms with Gasteiger partial charge in [0.15, 0.2) is 10.9 Å². The van der Waals surface area contributed by atoms with Crippen molar-refractivity contribution in [1.82, 2.24) is 9.88 Å². The molecule has 1 N–H and O–H groups in total. The number of hydrogen-bond donors (Lipinski definition) is 1. The predicted molar refractivity (Wildman–Crippen MR) is 138 cm³/mol. The van der Waals surface area contributed by atoms with E-state index < -0.39 is 0 Å². The SMILES string of the molecule is Cl.O=C(Nc1nc2c(s1)CN(Cc1ccccc1)CC2)c1ccc(C(=O)c2ccccc2)cc1. The zero-order chi connectivity index (χ0) is 22.6. The van der Waals surface area contributed by atoms with Crippen LogP contribution in [0.5, 0.6) is 0 Å². The van der Waals surface area contributed by atoms with Crippen LogP contribution in [0.3, 0.4) is 0 Å². The van der Waals surface area contributed by atoms with Crippen LogP contribution in [0.1, 0.15) is 42.4 Å². The number of rotatable bonds is 6. The fourth-order valence-corrected chi connectivity index (χ4v) is 5.02. The van der Waals surface area contributed by atoms with Crippen LogP contribution in [0, 0.1) is 0 Å². The van der Waals surface area contributed by atoms with Crippen molar-refractivity contribution in [3.05, 3.63) is 118 Å². The summed E-state index contributed by atoms with van der Waals surface area (Å²) < 4.78 is 0. The summed E-state index contributed by atoms with van der Waals surface area (Å²) in [4.78, 5) is 33.6. The Balaban J connectivity index is 0.00000274. The molecule has 0 spiro atoms. The summed E-state index contributed by atoms with van der Waals surface area (Å²) >= 11 is 1.54. The maximum absolute atomic E-state index is 12.7. The van der Waals surface area contributed by atoms with Crippen LogP contribution >= 0.6 is 23.7 Å². The first kappa shape index (κ1) is 23.8. The average Bonchev–Trinajstić information content (AvgIpc) is 3.26. The van der Waals surface area contributed by atoms with Crippen molar-refractivity contribution in [3.63, 3.8) is 0 Å². The van der Waals surface area contributed by atoms with Crippen LogP contribution in [-0.4, -0.2) is 28.1 Å². The molecule has 0 radical (unpaired) electrons. The predicted octanol–water partition coefficient (Wildman–Crippen LogP) is 5.61. The maximum Gasteiger partial charge on any atom is 0.257 e. The molecule has 1 aliphatic rings. The molecule has 1 aliphatic heterocycles. The Labute approximate surface area is 208 Å². The van der Waals surface area contributed by atoms with Crippen molar-refractivity contribution in [2.75, 3.05) is 11.9 Å². The number of aromatic nitrogens is 1. The number of nitrogens with one attached hydrogen (secondary N) is 1. The van der Waals surface area contributed by atoms with Gasteiger partial charge in [-0.3, -0.25) is 19.8 Å². The largest absolute Gasteiger partial charge is 0.298 e. The minimum Gasteiger partial charge on any atom is -0.298 e. The Kier molecular flexibility index (Phi) is 7.53. The second-order valence-electron chi connectivity index (χ2n) is 8.06. The van der Waals surface area contributed by atoms with Crippen LogP contribution in [0.15, 0.2) is 84.9 Å². The zero-order valence-corrected chi connectivity index (χ0v) is 20.1. The monoisotopic (exact) mass is 489 g/mol. The lowest BCUT2D eigenvalue weighted by Crippen LogP contribution is -2.29. The van der Waals surface area contributed by atoms with Crippen molar-refractivity contribution in [2.45, 2.75) is 19.5 Å². The van der Waals surface area contributed by atoms with E-state index in [0.29, 0.717) is 21.8 Å². The fraction of sp³-hybridized carbons (Fsp3) is 0.148. The number of anilines is 1. The summed E-state index contributed by atoms with van der Waals surface area (Å²) in [6.07, 6.45) is 0.880. The molecule has 0 saturated carbocycles. The molecule has 0 saturated heterocycles. The maximum atomic E-state index is 12.7. The third kappa shape index (κ3) is 5.42. The normalized spacial score (nSPS) is 12.9. The van der Waals surface area contributed by atoms with Crippen molar-refractivity contribution in [2.24, 2.45) is 0 Å². The summed E-state index contributed by atoms with van der Waals surface area (Å²) in [6, 6.07) is 26.3. The van der Waals surface area contributed by atoms with Gasteiger partial charge < -0.3 is 0 Å². The summed E-state index contributed by atoms with van der Waals surface area (Å²) in [5.41, 5.74) is 4.06. The first-order chi connectivity index (χ1) is 16.2. The molecule has 3 aromatic carbocycles. The second-order valence-corrected chi connectivity index (χ2v) is 9.15. The van der Waals surface area contributed by atoms with E-state index in [9.17, 15) is 9.59 Å². The Morgan fingerprint density at radius 1 is 0.853 bits per heavy atom. The third-order valence-electron chi connectivity index (χ3n) is 5.73. The van der Waals surface area contributed by atoms with Gasteiger partial charge in [-0.05, 0) is 17.7 Å². The Hall–Kier alpha value is -3.32. The van der Waals surface area contributed by atoms with E-state index in [1.54, 1.807) is 36.4 Å². The Morgan fingerprint density at radius 3 is 2.18 bits per heavy atom. The molecule has 0 unspecified atom stereocenters. The molecule has 5 rings (SSSR count). The van der Waals surface area contributed by atoms with Crippen molar-refractivity contribution in [1.29, 1.82) is 0 Å². The van der Waals surface area contributed by atoms with Gasteiger partial charge in [0.1, 0.15) is 0 Å². The van der Waals surface area contributed by atoms with Gasteiger partial charge in [0, 0.05) is 47.6 Å². The van der Waals surface area contributed by atoms with Gasteiger partial charge in [0.05, 0.1) is 5.69 Å². The van der Waals surface area contributed by atoms with Gasteiger partial charge in [-0.25, -0.2) is 4.98 Å². The number of carbonyl (C=O) groups excluding carboxylic acids is 2. The van der Waals surface area contributed by atoms with E-state index in [4.69, 9.17) is 0 Å². The smallest absolute Gasteiger partial charge is 0.257 e. The molecule has 0 atom stereocenters. The van der Waals surface area contributed by atoms with Crippen molar-refractivity contribution < 1.29 is 9.59 Å².